The maximum atomic E-state index is 12.8. The van der Waals surface area contributed by atoms with Crippen LogP contribution in [0.5, 0.6) is 0 Å². The van der Waals surface area contributed by atoms with Gasteiger partial charge in [0, 0.05) is 23.3 Å². The zero-order valence-electron chi connectivity index (χ0n) is 10.9. The van der Waals surface area contributed by atoms with Crippen LogP contribution in [0.15, 0.2) is 24.3 Å². The fourth-order valence-electron chi connectivity index (χ4n) is 2.68. The average Bonchev–Trinajstić information content (AvgIpc) is 2.97. The van der Waals surface area contributed by atoms with Crippen LogP contribution in [0.25, 0.3) is 11.3 Å². The van der Waals surface area contributed by atoms with Crippen LogP contribution in [0.1, 0.15) is 17.7 Å². The van der Waals surface area contributed by atoms with Gasteiger partial charge in [-0.15, -0.1) is 0 Å². The van der Waals surface area contributed by atoms with Gasteiger partial charge in [-0.1, -0.05) is 12.1 Å². The van der Waals surface area contributed by atoms with E-state index in [0.29, 0.717) is 18.7 Å². The quantitative estimate of drug-likeness (QED) is 0.819. The molecule has 0 fully saturated rings. The normalized spacial score (nSPS) is 14.3. The van der Waals surface area contributed by atoms with Crippen molar-refractivity contribution >= 4 is 12.6 Å². The largest absolute Gasteiger partial charge is 0.492 e. The van der Waals surface area contributed by atoms with Crippen LogP contribution in [0.3, 0.4) is 0 Å². The molecule has 1 aromatic carbocycles. The first-order chi connectivity index (χ1) is 9.88. The standard InChI is InChI=1S/C13H12BF3N2O2/c15-13(16,17)9-4-1-3-8(7-9)12-11(14(20)21)10-5-2-6-19(10)18-12/h1,3-4,7,20-21H,2,5-6H2. The number of benzene rings is 1. The number of fused-ring (bicyclic) bond motifs is 1. The first-order valence-electron chi connectivity index (χ1n) is 6.51. The minimum absolute atomic E-state index is 0.200. The minimum Gasteiger partial charge on any atom is -0.423 e. The molecule has 0 unspecified atom stereocenters. The van der Waals surface area contributed by atoms with E-state index in [1.54, 1.807) is 4.68 Å². The van der Waals surface area contributed by atoms with E-state index in [4.69, 9.17) is 0 Å². The van der Waals surface area contributed by atoms with Crippen molar-refractivity contribution in [3.05, 3.63) is 35.5 Å². The van der Waals surface area contributed by atoms with Crippen molar-refractivity contribution < 1.29 is 23.2 Å². The molecule has 1 aliphatic heterocycles. The Bertz CT molecular complexity index is 683. The van der Waals surface area contributed by atoms with E-state index in [2.05, 4.69) is 5.10 Å². The van der Waals surface area contributed by atoms with Crippen molar-refractivity contribution in [1.29, 1.82) is 0 Å². The van der Waals surface area contributed by atoms with Gasteiger partial charge in [0.2, 0.25) is 0 Å². The molecule has 1 aromatic heterocycles. The maximum Gasteiger partial charge on any atom is 0.492 e. The lowest BCUT2D eigenvalue weighted by molar-refractivity contribution is -0.137. The van der Waals surface area contributed by atoms with E-state index < -0.39 is 18.9 Å². The molecule has 4 nitrogen and oxygen atoms in total. The van der Waals surface area contributed by atoms with Crippen LogP contribution in [-0.4, -0.2) is 26.9 Å². The predicted molar refractivity (Wildman–Crippen MR) is 70.8 cm³/mol. The number of halogens is 3. The number of nitrogens with zero attached hydrogens (tertiary/aromatic N) is 2. The lowest BCUT2D eigenvalue weighted by atomic mass is 9.76. The number of hydrogen-bond donors (Lipinski definition) is 2. The van der Waals surface area contributed by atoms with Crippen LogP contribution in [0.2, 0.25) is 0 Å². The molecule has 110 valence electrons. The summed E-state index contributed by atoms with van der Waals surface area (Å²) in [5, 5.41) is 23.3. The molecular formula is C13H12BF3N2O2. The lowest BCUT2D eigenvalue weighted by Crippen LogP contribution is -2.33. The van der Waals surface area contributed by atoms with Gasteiger partial charge in [0.25, 0.3) is 0 Å². The van der Waals surface area contributed by atoms with Gasteiger partial charge in [-0.05, 0) is 25.0 Å². The van der Waals surface area contributed by atoms with Gasteiger partial charge in [-0.3, -0.25) is 4.68 Å². The summed E-state index contributed by atoms with van der Waals surface area (Å²) in [5.74, 6) is 0. The van der Waals surface area contributed by atoms with Crippen LogP contribution in [-0.2, 0) is 19.1 Å². The number of alkyl halides is 3. The predicted octanol–water partition coefficient (Wildman–Crippen LogP) is 1.19. The highest BCUT2D eigenvalue weighted by atomic mass is 19.4. The second-order valence-electron chi connectivity index (χ2n) is 4.99. The zero-order chi connectivity index (χ0) is 15.2. The van der Waals surface area contributed by atoms with Crippen LogP contribution >= 0.6 is 0 Å². The molecule has 0 spiro atoms. The van der Waals surface area contributed by atoms with Gasteiger partial charge in [0.15, 0.2) is 0 Å². The third-order valence-electron chi connectivity index (χ3n) is 3.60. The van der Waals surface area contributed by atoms with Gasteiger partial charge in [-0.2, -0.15) is 18.3 Å². The average molecular weight is 296 g/mol. The van der Waals surface area contributed by atoms with E-state index >= 15 is 0 Å². The van der Waals surface area contributed by atoms with Gasteiger partial charge >= 0.3 is 13.3 Å². The monoisotopic (exact) mass is 296 g/mol. The number of aryl methyl sites for hydroxylation is 1. The molecule has 2 N–H and O–H groups in total. The first-order valence-corrected chi connectivity index (χ1v) is 6.51. The molecule has 0 saturated carbocycles. The molecule has 2 heterocycles. The van der Waals surface area contributed by atoms with Crippen molar-refractivity contribution in [2.75, 3.05) is 0 Å². The van der Waals surface area contributed by atoms with E-state index in [1.807, 2.05) is 0 Å². The summed E-state index contributed by atoms with van der Waals surface area (Å²) in [5.41, 5.74) is 0.524. The Labute approximate surface area is 119 Å². The van der Waals surface area contributed by atoms with Crippen molar-refractivity contribution in [2.45, 2.75) is 25.6 Å². The molecule has 0 bridgehead atoms. The third-order valence-corrected chi connectivity index (χ3v) is 3.60. The fourth-order valence-corrected chi connectivity index (χ4v) is 2.68. The zero-order valence-corrected chi connectivity index (χ0v) is 10.9. The Balaban J connectivity index is 2.13. The Kier molecular flexibility index (Phi) is 3.29. The van der Waals surface area contributed by atoms with Crippen LogP contribution < -0.4 is 5.46 Å². The molecule has 21 heavy (non-hydrogen) atoms. The molecule has 8 heteroatoms. The highest BCUT2D eigenvalue weighted by Gasteiger charge is 2.33. The summed E-state index contributed by atoms with van der Waals surface area (Å²) in [6.45, 7) is 0.633. The van der Waals surface area contributed by atoms with Gasteiger partial charge in [0.1, 0.15) is 0 Å². The Morgan fingerprint density at radius 2 is 2.00 bits per heavy atom. The molecule has 1 aliphatic rings. The molecule has 3 rings (SSSR count). The topological polar surface area (TPSA) is 58.3 Å². The lowest BCUT2D eigenvalue weighted by Gasteiger charge is -2.09. The van der Waals surface area contributed by atoms with E-state index in [-0.39, 0.29) is 16.7 Å². The number of hydrogen-bond acceptors (Lipinski definition) is 3. The Hall–Kier alpha value is -1.80. The summed E-state index contributed by atoms with van der Waals surface area (Å²) in [4.78, 5) is 0. The van der Waals surface area contributed by atoms with Crippen molar-refractivity contribution in [2.24, 2.45) is 0 Å². The molecule has 0 saturated heterocycles. The Morgan fingerprint density at radius 3 is 2.67 bits per heavy atom. The van der Waals surface area contributed by atoms with Crippen molar-refractivity contribution in [3.63, 3.8) is 0 Å². The van der Waals surface area contributed by atoms with Gasteiger partial charge in [-0.25, -0.2) is 0 Å². The minimum atomic E-state index is -4.45. The van der Waals surface area contributed by atoms with Crippen molar-refractivity contribution in [3.8, 4) is 11.3 Å². The summed E-state index contributed by atoms with van der Waals surface area (Å²) in [7, 11) is -1.75. The van der Waals surface area contributed by atoms with Crippen LogP contribution in [0.4, 0.5) is 13.2 Å². The van der Waals surface area contributed by atoms with Gasteiger partial charge in [0.05, 0.1) is 11.3 Å². The highest BCUT2D eigenvalue weighted by molar-refractivity contribution is 6.61. The van der Waals surface area contributed by atoms with Crippen LogP contribution in [0, 0.1) is 0 Å². The molecular weight excluding hydrogens is 284 g/mol. The molecule has 0 radical (unpaired) electrons. The highest BCUT2D eigenvalue weighted by Crippen LogP contribution is 2.32. The first kappa shape index (κ1) is 14.2. The summed E-state index contributed by atoms with van der Waals surface area (Å²) >= 11 is 0. The molecule has 2 aromatic rings. The summed E-state index contributed by atoms with van der Waals surface area (Å²) in [6, 6.07) is 4.72. The second kappa shape index (κ2) is 4.89. The smallest absolute Gasteiger partial charge is 0.423 e. The molecule has 0 amide bonds. The third kappa shape index (κ3) is 2.45. The molecule has 0 atom stereocenters. The molecule has 0 aliphatic carbocycles. The number of rotatable bonds is 2. The fraction of sp³-hybridized carbons (Fsp3) is 0.308. The van der Waals surface area contributed by atoms with E-state index in [1.165, 1.54) is 12.1 Å². The van der Waals surface area contributed by atoms with Gasteiger partial charge < -0.3 is 10.0 Å². The maximum absolute atomic E-state index is 12.8. The number of aromatic nitrogens is 2. The van der Waals surface area contributed by atoms with E-state index in [9.17, 15) is 23.2 Å². The second-order valence-corrected chi connectivity index (χ2v) is 4.99. The summed E-state index contributed by atoms with van der Waals surface area (Å²) in [6.07, 6.45) is -2.97. The van der Waals surface area contributed by atoms with E-state index in [0.717, 1.165) is 18.6 Å². The Morgan fingerprint density at radius 1 is 1.24 bits per heavy atom. The SMILES string of the molecule is OB(O)c1c(-c2cccc(C(F)(F)F)c2)nn2c1CCC2. The van der Waals surface area contributed by atoms with Crippen molar-refractivity contribution in [1.82, 2.24) is 9.78 Å². The summed E-state index contributed by atoms with van der Waals surface area (Å²) < 4.78 is 40.0.